The molecule has 0 bridgehead atoms. The average molecular weight is 225 g/mol. The minimum absolute atomic E-state index is 0.0275. The van der Waals surface area contributed by atoms with Gasteiger partial charge in [0.1, 0.15) is 0 Å². The molecule has 2 rings (SSSR count). The molecule has 1 saturated carbocycles. The molecule has 0 radical (unpaired) electrons. The molecule has 1 aliphatic heterocycles. The molecule has 1 heterocycles. The van der Waals surface area contributed by atoms with Crippen molar-refractivity contribution in [1.82, 2.24) is 4.90 Å². The molecule has 3 heteroatoms. The molecule has 0 aromatic carbocycles. The summed E-state index contributed by atoms with van der Waals surface area (Å²) in [4.78, 5) is 13.4. The molecule has 1 saturated heterocycles. The summed E-state index contributed by atoms with van der Waals surface area (Å²) in [5, 5.41) is 9.00. The minimum atomic E-state index is -0.634. The predicted octanol–water partition coefficient (Wildman–Crippen LogP) is 2.51. The summed E-state index contributed by atoms with van der Waals surface area (Å²) in [6, 6.07) is 0. The Bertz CT molecular complexity index is 272. The highest BCUT2D eigenvalue weighted by Gasteiger charge is 2.52. The third kappa shape index (κ3) is 1.75. The fraction of sp³-hybridized carbons (Fsp3) is 0.923. The van der Waals surface area contributed by atoms with Crippen molar-refractivity contribution in [1.29, 1.82) is 0 Å². The molecule has 0 aromatic rings. The van der Waals surface area contributed by atoms with Gasteiger partial charge in [-0.3, -0.25) is 9.69 Å². The summed E-state index contributed by atoms with van der Waals surface area (Å²) in [6.07, 6.45) is 6.17. The number of hydrogen-bond donors (Lipinski definition) is 1. The topological polar surface area (TPSA) is 40.5 Å². The highest BCUT2D eigenvalue weighted by molar-refractivity contribution is 5.68. The lowest BCUT2D eigenvalue weighted by Crippen LogP contribution is -2.67. The van der Waals surface area contributed by atoms with E-state index in [-0.39, 0.29) is 5.54 Å². The molecule has 0 atom stereocenters. The first kappa shape index (κ1) is 11.9. The van der Waals surface area contributed by atoms with Crippen LogP contribution in [-0.4, -0.2) is 34.6 Å². The van der Waals surface area contributed by atoms with Gasteiger partial charge in [0.2, 0.25) is 0 Å². The van der Waals surface area contributed by atoms with Crippen molar-refractivity contribution in [3.63, 3.8) is 0 Å². The molecule has 0 spiro atoms. The molecular weight excluding hydrogens is 202 g/mol. The third-order valence-corrected chi connectivity index (χ3v) is 4.99. The van der Waals surface area contributed by atoms with Crippen LogP contribution in [0.5, 0.6) is 0 Å². The Morgan fingerprint density at radius 3 is 2.12 bits per heavy atom. The molecule has 3 nitrogen and oxygen atoms in total. The van der Waals surface area contributed by atoms with Crippen LogP contribution >= 0.6 is 0 Å². The second kappa shape index (κ2) is 4.02. The van der Waals surface area contributed by atoms with Crippen molar-refractivity contribution in [3.8, 4) is 0 Å². The van der Waals surface area contributed by atoms with Crippen molar-refractivity contribution in [2.45, 2.75) is 57.9 Å². The Morgan fingerprint density at radius 2 is 1.81 bits per heavy atom. The zero-order chi connectivity index (χ0) is 11.8. The first-order valence-electron chi connectivity index (χ1n) is 6.53. The number of likely N-dealkylation sites (tertiary alicyclic amines) is 1. The second-order valence-electron chi connectivity index (χ2n) is 5.71. The van der Waals surface area contributed by atoms with Gasteiger partial charge in [0.15, 0.2) is 0 Å². The quantitative estimate of drug-likeness (QED) is 0.781. The van der Waals surface area contributed by atoms with Crippen LogP contribution in [0.1, 0.15) is 52.4 Å². The fourth-order valence-corrected chi connectivity index (χ4v) is 3.27. The first-order chi connectivity index (χ1) is 7.56. The maximum absolute atomic E-state index is 10.9. The highest BCUT2D eigenvalue weighted by Crippen LogP contribution is 2.49. The van der Waals surface area contributed by atoms with Crippen molar-refractivity contribution < 1.29 is 9.90 Å². The van der Waals surface area contributed by atoms with Crippen LogP contribution < -0.4 is 0 Å². The lowest BCUT2D eigenvalue weighted by Gasteiger charge is -2.61. The van der Waals surface area contributed by atoms with Gasteiger partial charge in [-0.05, 0) is 37.5 Å². The van der Waals surface area contributed by atoms with E-state index in [0.29, 0.717) is 11.8 Å². The van der Waals surface area contributed by atoms with Crippen LogP contribution in [-0.2, 0) is 4.79 Å². The molecule has 0 unspecified atom stereocenters. The molecule has 16 heavy (non-hydrogen) atoms. The van der Waals surface area contributed by atoms with E-state index >= 15 is 0 Å². The molecule has 2 fully saturated rings. The van der Waals surface area contributed by atoms with Crippen LogP contribution in [0.3, 0.4) is 0 Å². The van der Waals surface area contributed by atoms with Crippen LogP contribution in [0, 0.1) is 5.41 Å². The van der Waals surface area contributed by atoms with Gasteiger partial charge in [-0.25, -0.2) is 0 Å². The Kier molecular flexibility index (Phi) is 2.99. The van der Waals surface area contributed by atoms with E-state index in [4.69, 9.17) is 5.11 Å². The van der Waals surface area contributed by atoms with E-state index in [9.17, 15) is 4.79 Å². The average Bonchev–Trinajstić information content (AvgIpc) is 2.12. The monoisotopic (exact) mass is 225 g/mol. The van der Waals surface area contributed by atoms with E-state index < -0.39 is 5.97 Å². The summed E-state index contributed by atoms with van der Waals surface area (Å²) in [6.45, 7) is 6.75. The van der Waals surface area contributed by atoms with Gasteiger partial charge in [0.05, 0.1) is 6.42 Å². The van der Waals surface area contributed by atoms with E-state index in [1.165, 1.54) is 19.3 Å². The van der Waals surface area contributed by atoms with Crippen molar-refractivity contribution in [3.05, 3.63) is 0 Å². The number of carboxylic acid groups (broad SMARTS) is 1. The first-order valence-corrected chi connectivity index (χ1v) is 6.53. The molecule has 1 aliphatic carbocycles. The van der Waals surface area contributed by atoms with Gasteiger partial charge in [-0.2, -0.15) is 0 Å². The normalized spacial score (nSPS) is 26.9. The standard InChI is InChI=1S/C13H23NO2/c1-3-12(4-2)9-14(10-12)13(6-5-7-13)8-11(15)16/h3-10H2,1-2H3,(H,15,16). The van der Waals surface area contributed by atoms with Crippen LogP contribution in [0.25, 0.3) is 0 Å². The number of hydrogen-bond acceptors (Lipinski definition) is 2. The zero-order valence-electron chi connectivity index (χ0n) is 10.5. The molecule has 0 amide bonds. The van der Waals surface area contributed by atoms with Gasteiger partial charge in [0.25, 0.3) is 0 Å². The van der Waals surface area contributed by atoms with E-state index in [0.717, 1.165) is 25.9 Å². The van der Waals surface area contributed by atoms with Gasteiger partial charge in [-0.15, -0.1) is 0 Å². The largest absolute Gasteiger partial charge is 0.481 e. The second-order valence-corrected chi connectivity index (χ2v) is 5.71. The number of carbonyl (C=O) groups is 1. The molecule has 92 valence electrons. The fourth-order valence-electron chi connectivity index (χ4n) is 3.27. The summed E-state index contributed by atoms with van der Waals surface area (Å²) in [5.74, 6) is -0.634. The Morgan fingerprint density at radius 1 is 1.25 bits per heavy atom. The summed E-state index contributed by atoms with van der Waals surface area (Å²) in [7, 11) is 0. The van der Waals surface area contributed by atoms with Crippen LogP contribution in [0.15, 0.2) is 0 Å². The lowest BCUT2D eigenvalue weighted by atomic mass is 9.65. The third-order valence-electron chi connectivity index (χ3n) is 4.99. The number of rotatable bonds is 5. The molecule has 2 aliphatic rings. The van der Waals surface area contributed by atoms with E-state index in [2.05, 4.69) is 18.7 Å². The number of carboxylic acids is 1. The zero-order valence-corrected chi connectivity index (χ0v) is 10.5. The molecule has 1 N–H and O–H groups in total. The lowest BCUT2D eigenvalue weighted by molar-refractivity contribution is -0.153. The van der Waals surface area contributed by atoms with Crippen molar-refractivity contribution >= 4 is 5.97 Å². The summed E-state index contributed by atoms with van der Waals surface area (Å²) < 4.78 is 0. The van der Waals surface area contributed by atoms with Crippen LogP contribution in [0.2, 0.25) is 0 Å². The van der Waals surface area contributed by atoms with Gasteiger partial charge in [0, 0.05) is 18.6 Å². The Labute approximate surface area is 97.8 Å². The summed E-state index contributed by atoms with van der Waals surface area (Å²) in [5.41, 5.74) is 0.515. The van der Waals surface area contributed by atoms with Gasteiger partial charge < -0.3 is 5.11 Å². The smallest absolute Gasteiger partial charge is 0.305 e. The maximum atomic E-state index is 10.9. The van der Waals surface area contributed by atoms with Gasteiger partial charge in [-0.1, -0.05) is 13.8 Å². The maximum Gasteiger partial charge on any atom is 0.305 e. The van der Waals surface area contributed by atoms with Gasteiger partial charge >= 0.3 is 5.97 Å². The minimum Gasteiger partial charge on any atom is -0.481 e. The number of aliphatic carboxylic acids is 1. The summed E-state index contributed by atoms with van der Waals surface area (Å²) >= 11 is 0. The Balaban J connectivity index is 1.96. The van der Waals surface area contributed by atoms with E-state index in [1.54, 1.807) is 0 Å². The van der Waals surface area contributed by atoms with Crippen molar-refractivity contribution in [2.75, 3.05) is 13.1 Å². The molecular formula is C13H23NO2. The predicted molar refractivity (Wildman–Crippen MR) is 63.4 cm³/mol. The Hall–Kier alpha value is -0.570. The number of nitrogens with zero attached hydrogens (tertiary/aromatic N) is 1. The SMILES string of the molecule is CCC1(CC)CN(C2(CC(=O)O)CCC2)C1. The van der Waals surface area contributed by atoms with E-state index in [1.807, 2.05) is 0 Å². The van der Waals surface area contributed by atoms with Crippen molar-refractivity contribution in [2.24, 2.45) is 5.41 Å². The van der Waals surface area contributed by atoms with Crippen LogP contribution in [0.4, 0.5) is 0 Å². The highest BCUT2D eigenvalue weighted by atomic mass is 16.4. The molecule has 0 aromatic heterocycles.